The number of anilines is 2. The van der Waals surface area contributed by atoms with Gasteiger partial charge in [0.2, 0.25) is 5.95 Å². The molecule has 1 aliphatic rings. The second-order valence-corrected chi connectivity index (χ2v) is 7.92. The summed E-state index contributed by atoms with van der Waals surface area (Å²) in [5.41, 5.74) is 1.82. The van der Waals surface area contributed by atoms with Gasteiger partial charge in [0, 0.05) is 43.5 Å². The van der Waals surface area contributed by atoms with Crippen molar-refractivity contribution in [2.75, 3.05) is 30.3 Å². The topological polar surface area (TPSA) is 95.0 Å². The Morgan fingerprint density at radius 1 is 1.06 bits per heavy atom. The van der Waals surface area contributed by atoms with Crippen LogP contribution >= 0.6 is 0 Å². The van der Waals surface area contributed by atoms with Crippen molar-refractivity contribution in [3.05, 3.63) is 66.0 Å². The Hall–Kier alpha value is -3.24. The van der Waals surface area contributed by atoms with Crippen LogP contribution in [0.2, 0.25) is 0 Å². The Morgan fingerprint density at radius 3 is 2.58 bits per heavy atom. The monoisotopic (exact) mass is 458 g/mol. The molecule has 0 saturated carbocycles. The summed E-state index contributed by atoms with van der Waals surface area (Å²) in [6.07, 6.45) is -2.03. The number of halogens is 3. The van der Waals surface area contributed by atoms with E-state index in [9.17, 15) is 18.3 Å². The molecule has 2 atom stereocenters. The van der Waals surface area contributed by atoms with Crippen LogP contribution in [0.15, 0.2) is 54.9 Å². The Kier molecular flexibility index (Phi) is 7.05. The minimum absolute atomic E-state index is 0.0881. The number of aliphatic hydroxyl groups excluding tert-OH is 1. The average molecular weight is 458 g/mol. The van der Waals surface area contributed by atoms with Crippen LogP contribution < -0.4 is 16.0 Å². The summed E-state index contributed by atoms with van der Waals surface area (Å²) in [5, 5.41) is 18.9. The zero-order valence-electron chi connectivity index (χ0n) is 17.8. The highest BCUT2D eigenvalue weighted by molar-refractivity contribution is 5.59. The van der Waals surface area contributed by atoms with Crippen molar-refractivity contribution in [1.82, 2.24) is 20.3 Å². The Morgan fingerprint density at radius 2 is 1.88 bits per heavy atom. The van der Waals surface area contributed by atoms with Gasteiger partial charge in [-0.2, -0.15) is 18.2 Å². The fraction of sp³-hybridized carbons (Fsp3) is 0.348. The van der Waals surface area contributed by atoms with Crippen molar-refractivity contribution in [2.45, 2.75) is 25.2 Å². The molecule has 1 fully saturated rings. The molecule has 4 N–H and O–H groups in total. The van der Waals surface area contributed by atoms with Crippen LogP contribution in [0.3, 0.4) is 0 Å². The van der Waals surface area contributed by atoms with Gasteiger partial charge in [0.1, 0.15) is 11.4 Å². The van der Waals surface area contributed by atoms with E-state index in [1.165, 1.54) is 0 Å². The van der Waals surface area contributed by atoms with Crippen molar-refractivity contribution < 1.29 is 18.3 Å². The van der Waals surface area contributed by atoms with Crippen LogP contribution in [-0.2, 0) is 12.7 Å². The molecule has 3 heterocycles. The van der Waals surface area contributed by atoms with Gasteiger partial charge in [0.25, 0.3) is 0 Å². The van der Waals surface area contributed by atoms with Crippen molar-refractivity contribution >= 4 is 11.8 Å². The van der Waals surface area contributed by atoms with Gasteiger partial charge in [-0.05, 0) is 30.7 Å². The maximum Gasteiger partial charge on any atom is 0.421 e. The minimum atomic E-state index is -4.59. The van der Waals surface area contributed by atoms with Gasteiger partial charge in [0.05, 0.1) is 11.8 Å². The molecule has 10 heteroatoms. The summed E-state index contributed by atoms with van der Waals surface area (Å²) < 4.78 is 40.3. The number of nitrogens with one attached hydrogen (secondary N) is 3. The summed E-state index contributed by atoms with van der Waals surface area (Å²) in [6, 6.07) is 13.4. The SMILES string of the molecule is O[C@H]1CNCC[C@@H]1CNc1nc(NCc2ccc(-c3ccccn3)cc2)ncc1C(F)(F)F. The molecule has 3 aromatic rings. The standard InChI is InChI=1S/C23H25F3N6O/c24-23(25,26)18-13-31-22(32-21(18)29-12-17-8-10-27-14-20(17)33)30-11-15-4-6-16(7-5-15)19-3-1-2-9-28-19/h1-7,9,13,17,20,27,33H,8,10-12,14H2,(H2,29,30,31,32)/t17-,20+/m1/s1. The molecule has 1 saturated heterocycles. The summed E-state index contributed by atoms with van der Waals surface area (Å²) in [5.74, 6) is -0.363. The summed E-state index contributed by atoms with van der Waals surface area (Å²) >= 11 is 0. The van der Waals surface area contributed by atoms with Crippen LogP contribution in [0, 0.1) is 5.92 Å². The van der Waals surface area contributed by atoms with Gasteiger partial charge in [-0.3, -0.25) is 4.98 Å². The third-order valence-corrected chi connectivity index (χ3v) is 5.58. The van der Waals surface area contributed by atoms with E-state index in [-0.39, 0.29) is 24.2 Å². The third kappa shape index (κ3) is 5.96. The number of aromatic nitrogens is 3. The first-order valence-electron chi connectivity index (χ1n) is 10.7. The summed E-state index contributed by atoms with van der Waals surface area (Å²) in [4.78, 5) is 12.2. The molecule has 2 aromatic heterocycles. The van der Waals surface area contributed by atoms with E-state index in [1.807, 2.05) is 42.5 Å². The molecule has 0 unspecified atom stereocenters. The molecule has 1 aliphatic heterocycles. The maximum absolute atomic E-state index is 13.4. The lowest BCUT2D eigenvalue weighted by Gasteiger charge is -2.29. The summed E-state index contributed by atoms with van der Waals surface area (Å²) in [7, 11) is 0. The zero-order chi connectivity index (χ0) is 23.3. The second kappa shape index (κ2) is 10.1. The van der Waals surface area contributed by atoms with Gasteiger partial charge in [-0.1, -0.05) is 30.3 Å². The number of piperidine rings is 1. The van der Waals surface area contributed by atoms with E-state index in [4.69, 9.17) is 0 Å². The van der Waals surface area contributed by atoms with Crippen LogP contribution in [0.5, 0.6) is 0 Å². The largest absolute Gasteiger partial charge is 0.421 e. The molecule has 0 aliphatic carbocycles. The number of benzene rings is 1. The molecule has 0 spiro atoms. The lowest BCUT2D eigenvalue weighted by molar-refractivity contribution is -0.137. The molecule has 1 aromatic carbocycles. The molecule has 4 rings (SSSR count). The van der Waals surface area contributed by atoms with Crippen LogP contribution in [-0.4, -0.2) is 45.8 Å². The highest BCUT2D eigenvalue weighted by Gasteiger charge is 2.35. The average Bonchev–Trinajstić information content (AvgIpc) is 2.82. The van der Waals surface area contributed by atoms with E-state index in [2.05, 4.69) is 30.9 Å². The highest BCUT2D eigenvalue weighted by Crippen LogP contribution is 2.34. The first kappa shape index (κ1) is 22.9. The molecule has 0 amide bonds. The normalized spacial score (nSPS) is 18.7. The quantitative estimate of drug-likeness (QED) is 0.430. The first-order chi connectivity index (χ1) is 15.9. The molecule has 7 nitrogen and oxygen atoms in total. The van der Waals surface area contributed by atoms with Crippen LogP contribution in [0.1, 0.15) is 17.5 Å². The van der Waals surface area contributed by atoms with Gasteiger partial charge >= 0.3 is 6.18 Å². The number of pyridine rings is 1. The van der Waals surface area contributed by atoms with E-state index in [0.717, 1.165) is 23.0 Å². The number of hydrogen-bond donors (Lipinski definition) is 4. The van der Waals surface area contributed by atoms with Gasteiger partial charge < -0.3 is 21.1 Å². The minimum Gasteiger partial charge on any atom is -0.391 e. The number of hydrogen-bond acceptors (Lipinski definition) is 7. The van der Waals surface area contributed by atoms with Crippen molar-refractivity contribution in [3.63, 3.8) is 0 Å². The number of β-amino-alcohol motifs (C(OH)–C–C–N with tert-alkyl or cyclic N) is 1. The van der Waals surface area contributed by atoms with Gasteiger partial charge in [-0.15, -0.1) is 0 Å². The number of nitrogens with zero attached hydrogens (tertiary/aromatic N) is 3. The highest BCUT2D eigenvalue weighted by atomic mass is 19.4. The van der Waals surface area contributed by atoms with E-state index < -0.39 is 17.8 Å². The molecule has 174 valence electrons. The molecular weight excluding hydrogens is 433 g/mol. The lowest BCUT2D eigenvalue weighted by Crippen LogP contribution is -2.43. The summed E-state index contributed by atoms with van der Waals surface area (Å²) in [6.45, 7) is 1.68. The Labute approximate surface area is 189 Å². The lowest BCUT2D eigenvalue weighted by atomic mass is 9.95. The fourth-order valence-electron chi connectivity index (χ4n) is 3.68. The molecule has 0 bridgehead atoms. The fourth-order valence-corrected chi connectivity index (χ4v) is 3.68. The van der Waals surface area contributed by atoms with E-state index in [0.29, 0.717) is 26.1 Å². The Balaban J connectivity index is 1.43. The van der Waals surface area contributed by atoms with Crippen molar-refractivity contribution in [1.29, 1.82) is 0 Å². The molecular formula is C23H25F3N6O. The van der Waals surface area contributed by atoms with Gasteiger partial charge in [-0.25, -0.2) is 4.98 Å². The maximum atomic E-state index is 13.4. The zero-order valence-corrected chi connectivity index (χ0v) is 17.8. The van der Waals surface area contributed by atoms with Gasteiger partial charge in [0.15, 0.2) is 0 Å². The van der Waals surface area contributed by atoms with Crippen LogP contribution in [0.25, 0.3) is 11.3 Å². The van der Waals surface area contributed by atoms with Crippen molar-refractivity contribution in [3.8, 4) is 11.3 Å². The van der Waals surface area contributed by atoms with Crippen molar-refractivity contribution in [2.24, 2.45) is 5.92 Å². The predicted octanol–water partition coefficient (Wildman–Crippen LogP) is 3.55. The number of rotatable bonds is 7. The first-order valence-corrected chi connectivity index (χ1v) is 10.7. The number of alkyl halides is 3. The van der Waals surface area contributed by atoms with Crippen LogP contribution in [0.4, 0.5) is 24.9 Å². The van der Waals surface area contributed by atoms with E-state index >= 15 is 0 Å². The number of aliphatic hydroxyl groups is 1. The second-order valence-electron chi connectivity index (χ2n) is 7.92. The Bertz CT molecular complexity index is 1050. The molecule has 33 heavy (non-hydrogen) atoms. The smallest absolute Gasteiger partial charge is 0.391 e. The molecule has 0 radical (unpaired) electrons. The van der Waals surface area contributed by atoms with E-state index in [1.54, 1.807) is 6.20 Å². The predicted molar refractivity (Wildman–Crippen MR) is 120 cm³/mol. The third-order valence-electron chi connectivity index (χ3n) is 5.58.